The fraction of sp³-hybridized carbons (Fsp3) is 0.455. The molecule has 8 heteroatoms. The van der Waals surface area contributed by atoms with Gasteiger partial charge in [0.05, 0.1) is 12.6 Å². The van der Waals surface area contributed by atoms with Crippen molar-refractivity contribution >= 4 is 5.69 Å². The first-order valence-electron chi connectivity index (χ1n) is 5.31. The largest absolute Gasteiger partial charge is 0.396 e. The van der Waals surface area contributed by atoms with Gasteiger partial charge in [0.15, 0.2) is 23.3 Å². The fourth-order valence-electron chi connectivity index (χ4n) is 1.49. The van der Waals surface area contributed by atoms with Crippen molar-refractivity contribution in [3.63, 3.8) is 0 Å². The highest BCUT2D eigenvalue weighted by Crippen LogP contribution is 2.27. The Morgan fingerprint density at radius 2 is 1.47 bits per heavy atom. The van der Waals surface area contributed by atoms with Gasteiger partial charge >= 0.3 is 0 Å². The van der Waals surface area contributed by atoms with Crippen molar-refractivity contribution in [3.8, 4) is 0 Å². The number of methoxy groups -OCH3 is 1. The van der Waals surface area contributed by atoms with Gasteiger partial charge in [0, 0.05) is 13.7 Å². The summed E-state index contributed by atoms with van der Waals surface area (Å²) in [5.41, 5.74) is -1.13. The Labute approximate surface area is 106 Å². The third kappa shape index (κ3) is 3.32. The van der Waals surface area contributed by atoms with Crippen LogP contribution in [0.4, 0.5) is 27.6 Å². The second-order valence-corrected chi connectivity index (χ2v) is 3.75. The monoisotopic (exact) mass is 285 g/mol. The van der Waals surface area contributed by atoms with Crippen molar-refractivity contribution < 1.29 is 31.8 Å². The number of halogens is 5. The van der Waals surface area contributed by atoms with E-state index in [1.54, 1.807) is 0 Å². The van der Waals surface area contributed by atoms with Gasteiger partial charge in [-0.2, -0.15) is 0 Å². The summed E-state index contributed by atoms with van der Waals surface area (Å²) in [6, 6.07) is -0.789. The molecule has 0 spiro atoms. The first-order valence-corrected chi connectivity index (χ1v) is 5.31. The first-order chi connectivity index (χ1) is 8.93. The number of hydrogen-bond acceptors (Lipinski definition) is 3. The van der Waals surface area contributed by atoms with Crippen molar-refractivity contribution in [1.82, 2.24) is 0 Å². The van der Waals surface area contributed by atoms with E-state index in [0.717, 1.165) is 0 Å². The molecular formula is C11H12F5NO2. The van der Waals surface area contributed by atoms with E-state index in [0.29, 0.717) is 0 Å². The van der Waals surface area contributed by atoms with Gasteiger partial charge in [-0.3, -0.25) is 0 Å². The lowest BCUT2D eigenvalue weighted by atomic mass is 10.2. The molecule has 0 heterocycles. The molecule has 2 N–H and O–H groups in total. The smallest absolute Gasteiger partial charge is 0.200 e. The summed E-state index contributed by atoms with van der Waals surface area (Å²) in [4.78, 5) is 0. The van der Waals surface area contributed by atoms with Gasteiger partial charge < -0.3 is 15.2 Å². The molecule has 0 aliphatic rings. The average Bonchev–Trinajstić information content (AvgIpc) is 2.39. The Balaban J connectivity index is 3.12. The molecule has 0 saturated carbocycles. The van der Waals surface area contributed by atoms with Crippen molar-refractivity contribution in [1.29, 1.82) is 0 Å². The molecule has 1 unspecified atom stereocenters. The molecule has 1 aromatic rings. The third-order valence-corrected chi connectivity index (χ3v) is 2.40. The lowest BCUT2D eigenvalue weighted by Crippen LogP contribution is -2.28. The van der Waals surface area contributed by atoms with E-state index in [2.05, 4.69) is 5.32 Å². The van der Waals surface area contributed by atoms with Crippen LogP contribution < -0.4 is 5.32 Å². The molecule has 0 amide bonds. The zero-order valence-corrected chi connectivity index (χ0v) is 9.94. The Kier molecular flexibility index (Phi) is 5.49. The molecule has 0 aliphatic carbocycles. The van der Waals surface area contributed by atoms with Crippen molar-refractivity contribution in [2.24, 2.45) is 0 Å². The number of nitrogens with one attached hydrogen (secondary N) is 1. The fourth-order valence-corrected chi connectivity index (χ4v) is 1.49. The predicted molar refractivity (Wildman–Crippen MR) is 57.2 cm³/mol. The van der Waals surface area contributed by atoms with Gasteiger partial charge in [-0.1, -0.05) is 0 Å². The van der Waals surface area contributed by atoms with E-state index >= 15 is 0 Å². The van der Waals surface area contributed by atoms with Crippen LogP contribution in [-0.4, -0.2) is 31.5 Å². The predicted octanol–water partition coefficient (Wildman–Crippen LogP) is 2.19. The molecular weight excluding hydrogens is 273 g/mol. The number of hydrogen-bond donors (Lipinski definition) is 2. The summed E-state index contributed by atoms with van der Waals surface area (Å²) < 4.78 is 70.1. The van der Waals surface area contributed by atoms with Gasteiger partial charge in [-0.15, -0.1) is 0 Å². The van der Waals surface area contributed by atoms with Crippen LogP contribution in [0, 0.1) is 29.1 Å². The Morgan fingerprint density at radius 1 is 1.00 bits per heavy atom. The second kappa shape index (κ2) is 6.67. The molecule has 0 fully saturated rings. The van der Waals surface area contributed by atoms with Crippen LogP contribution in [0.15, 0.2) is 0 Å². The highest BCUT2D eigenvalue weighted by molar-refractivity contribution is 5.48. The average molecular weight is 285 g/mol. The maximum absolute atomic E-state index is 13.4. The van der Waals surface area contributed by atoms with Crippen molar-refractivity contribution in [2.75, 3.05) is 25.6 Å². The number of anilines is 1. The Bertz CT molecular complexity index is 420. The van der Waals surface area contributed by atoms with Crippen LogP contribution in [0.2, 0.25) is 0 Å². The molecule has 0 radical (unpaired) electrons. The van der Waals surface area contributed by atoms with Crippen LogP contribution in [-0.2, 0) is 4.74 Å². The number of aliphatic hydroxyl groups excluding tert-OH is 1. The minimum Gasteiger partial charge on any atom is -0.396 e. The van der Waals surface area contributed by atoms with Crippen molar-refractivity contribution in [3.05, 3.63) is 29.1 Å². The first kappa shape index (κ1) is 15.6. The molecule has 1 atom stereocenters. The van der Waals surface area contributed by atoms with Crippen LogP contribution >= 0.6 is 0 Å². The lowest BCUT2D eigenvalue weighted by molar-refractivity contribution is 0.170. The SMILES string of the molecule is COCC(CCO)Nc1c(F)c(F)c(F)c(F)c1F. The molecule has 0 aromatic heterocycles. The lowest BCUT2D eigenvalue weighted by Gasteiger charge is -2.19. The standard InChI is InChI=1S/C11H12F5NO2/c1-19-4-5(2-3-18)17-11-9(15)7(13)6(12)8(14)10(11)16/h5,17-18H,2-4H2,1H3. The quantitative estimate of drug-likeness (QED) is 0.478. The van der Waals surface area contributed by atoms with E-state index in [1.807, 2.05) is 0 Å². The van der Waals surface area contributed by atoms with Gasteiger partial charge in [0.25, 0.3) is 0 Å². The van der Waals surface area contributed by atoms with Crippen LogP contribution in [0.5, 0.6) is 0 Å². The molecule has 1 aromatic carbocycles. The molecule has 0 bridgehead atoms. The van der Waals surface area contributed by atoms with Gasteiger partial charge in [-0.25, -0.2) is 22.0 Å². The minimum absolute atomic E-state index is 0.0212. The van der Waals surface area contributed by atoms with E-state index in [-0.39, 0.29) is 19.6 Å². The van der Waals surface area contributed by atoms with Gasteiger partial charge in [0.1, 0.15) is 5.69 Å². The van der Waals surface area contributed by atoms with Gasteiger partial charge in [0.2, 0.25) is 5.82 Å². The molecule has 0 aliphatic heterocycles. The Hall–Kier alpha value is -1.41. The number of benzene rings is 1. The van der Waals surface area contributed by atoms with E-state index in [4.69, 9.17) is 9.84 Å². The molecule has 1 rings (SSSR count). The molecule has 3 nitrogen and oxygen atoms in total. The highest BCUT2D eigenvalue weighted by Gasteiger charge is 2.27. The normalized spacial score (nSPS) is 12.6. The molecule has 19 heavy (non-hydrogen) atoms. The van der Waals surface area contributed by atoms with E-state index < -0.39 is 40.8 Å². The summed E-state index contributed by atoms with van der Waals surface area (Å²) >= 11 is 0. The van der Waals surface area contributed by atoms with Crippen molar-refractivity contribution in [2.45, 2.75) is 12.5 Å². The maximum atomic E-state index is 13.4. The number of rotatable bonds is 6. The molecule has 108 valence electrons. The van der Waals surface area contributed by atoms with E-state index in [1.165, 1.54) is 7.11 Å². The summed E-state index contributed by atoms with van der Waals surface area (Å²) in [7, 11) is 1.30. The highest BCUT2D eigenvalue weighted by atomic mass is 19.2. The van der Waals surface area contributed by atoms with E-state index in [9.17, 15) is 22.0 Å². The summed E-state index contributed by atoms with van der Waals surface area (Å²) in [5.74, 6) is -10.2. The third-order valence-electron chi connectivity index (χ3n) is 2.40. The topological polar surface area (TPSA) is 41.5 Å². The number of aliphatic hydroxyl groups is 1. The minimum atomic E-state index is -2.22. The Morgan fingerprint density at radius 3 is 1.89 bits per heavy atom. The summed E-state index contributed by atoms with van der Waals surface area (Å²) in [5, 5.41) is 10.9. The number of ether oxygens (including phenoxy) is 1. The van der Waals surface area contributed by atoms with Crippen LogP contribution in [0.25, 0.3) is 0 Å². The van der Waals surface area contributed by atoms with Gasteiger partial charge in [-0.05, 0) is 6.42 Å². The zero-order chi connectivity index (χ0) is 14.6. The maximum Gasteiger partial charge on any atom is 0.200 e. The zero-order valence-electron chi connectivity index (χ0n) is 9.94. The van der Waals surface area contributed by atoms with Crippen LogP contribution in [0.3, 0.4) is 0 Å². The summed E-state index contributed by atoms with van der Waals surface area (Å²) in [6.07, 6.45) is 0.0212. The second-order valence-electron chi connectivity index (χ2n) is 3.75. The van der Waals surface area contributed by atoms with Crippen LogP contribution in [0.1, 0.15) is 6.42 Å². The molecule has 0 saturated heterocycles. The summed E-state index contributed by atoms with van der Waals surface area (Å²) in [6.45, 7) is -0.406.